The average molecular weight is 335 g/mol. The van der Waals surface area contributed by atoms with Crippen molar-refractivity contribution in [3.8, 4) is 5.75 Å². The lowest BCUT2D eigenvalue weighted by Gasteiger charge is -2.15. The van der Waals surface area contributed by atoms with Gasteiger partial charge in [0.25, 0.3) is 0 Å². The summed E-state index contributed by atoms with van der Waals surface area (Å²) >= 11 is 3.41. The lowest BCUT2D eigenvalue weighted by molar-refractivity contribution is 0.407. The van der Waals surface area contributed by atoms with E-state index in [1.54, 1.807) is 7.11 Å². The van der Waals surface area contributed by atoms with E-state index in [1.165, 1.54) is 5.56 Å². The van der Waals surface area contributed by atoms with Crippen LogP contribution in [0.2, 0.25) is 0 Å². The highest BCUT2D eigenvalue weighted by Gasteiger charge is 2.09. The fourth-order valence-electron chi connectivity index (χ4n) is 2.07. The molecular formula is C16H19BrN2O. The van der Waals surface area contributed by atoms with Crippen molar-refractivity contribution < 1.29 is 4.74 Å². The normalized spacial score (nSPS) is 10.7. The minimum atomic E-state index is 0.397. The van der Waals surface area contributed by atoms with Crippen molar-refractivity contribution in [2.75, 3.05) is 18.2 Å². The molecule has 0 aromatic heterocycles. The van der Waals surface area contributed by atoms with Gasteiger partial charge in [-0.3, -0.25) is 0 Å². The summed E-state index contributed by atoms with van der Waals surface area (Å²) in [6.45, 7) is 4.30. The zero-order valence-electron chi connectivity index (χ0n) is 11.9. The fourth-order valence-corrected chi connectivity index (χ4v) is 2.45. The molecule has 0 radical (unpaired) electrons. The first-order valence-corrected chi connectivity index (χ1v) is 7.30. The SMILES string of the molecule is COc1ccc(Nc2ccc(Br)cc2N)cc1C(C)C. The van der Waals surface area contributed by atoms with Gasteiger partial charge in [0.15, 0.2) is 0 Å². The van der Waals surface area contributed by atoms with Crippen LogP contribution in [0.4, 0.5) is 17.1 Å². The minimum Gasteiger partial charge on any atom is -0.496 e. The van der Waals surface area contributed by atoms with E-state index in [1.807, 2.05) is 30.3 Å². The summed E-state index contributed by atoms with van der Waals surface area (Å²) < 4.78 is 6.36. The zero-order chi connectivity index (χ0) is 14.7. The van der Waals surface area contributed by atoms with Gasteiger partial charge in [0.05, 0.1) is 18.5 Å². The quantitative estimate of drug-likeness (QED) is 0.781. The number of nitrogen functional groups attached to an aromatic ring is 1. The van der Waals surface area contributed by atoms with Gasteiger partial charge in [0, 0.05) is 10.2 Å². The summed E-state index contributed by atoms with van der Waals surface area (Å²) in [5.74, 6) is 1.31. The van der Waals surface area contributed by atoms with Crippen molar-refractivity contribution in [2.45, 2.75) is 19.8 Å². The summed E-state index contributed by atoms with van der Waals surface area (Å²) in [4.78, 5) is 0. The van der Waals surface area contributed by atoms with Crippen molar-refractivity contribution in [3.63, 3.8) is 0 Å². The second-order valence-electron chi connectivity index (χ2n) is 4.97. The molecule has 0 saturated heterocycles. The molecule has 2 aromatic rings. The lowest BCUT2D eigenvalue weighted by atomic mass is 10.0. The van der Waals surface area contributed by atoms with Crippen LogP contribution in [-0.4, -0.2) is 7.11 Å². The Morgan fingerprint density at radius 1 is 1.15 bits per heavy atom. The van der Waals surface area contributed by atoms with Crippen molar-refractivity contribution in [2.24, 2.45) is 0 Å². The Kier molecular flexibility index (Phi) is 4.55. The predicted molar refractivity (Wildman–Crippen MR) is 88.9 cm³/mol. The summed E-state index contributed by atoms with van der Waals surface area (Å²) in [6, 6.07) is 11.9. The second kappa shape index (κ2) is 6.18. The van der Waals surface area contributed by atoms with E-state index in [2.05, 4.69) is 41.2 Å². The average Bonchev–Trinajstić information content (AvgIpc) is 2.41. The van der Waals surface area contributed by atoms with E-state index in [0.717, 1.165) is 21.6 Å². The van der Waals surface area contributed by atoms with E-state index < -0.39 is 0 Å². The maximum atomic E-state index is 6.01. The number of hydrogen-bond acceptors (Lipinski definition) is 3. The first-order valence-electron chi connectivity index (χ1n) is 6.51. The zero-order valence-corrected chi connectivity index (χ0v) is 13.5. The standard InChI is InChI=1S/C16H19BrN2O/c1-10(2)13-9-12(5-7-16(13)20-3)19-15-6-4-11(17)8-14(15)18/h4-10,19H,18H2,1-3H3. The molecule has 3 nitrogen and oxygen atoms in total. The van der Waals surface area contributed by atoms with Gasteiger partial charge >= 0.3 is 0 Å². The molecule has 4 heteroatoms. The number of benzene rings is 2. The Labute approximate surface area is 128 Å². The molecule has 0 saturated carbocycles. The lowest BCUT2D eigenvalue weighted by Crippen LogP contribution is -1.99. The smallest absolute Gasteiger partial charge is 0.122 e. The Balaban J connectivity index is 2.32. The first kappa shape index (κ1) is 14.7. The van der Waals surface area contributed by atoms with Gasteiger partial charge in [0.1, 0.15) is 5.75 Å². The molecule has 0 aliphatic heterocycles. The topological polar surface area (TPSA) is 47.3 Å². The van der Waals surface area contributed by atoms with Crippen LogP contribution in [0.3, 0.4) is 0 Å². The van der Waals surface area contributed by atoms with Crippen LogP contribution >= 0.6 is 15.9 Å². The van der Waals surface area contributed by atoms with Crippen LogP contribution in [0.1, 0.15) is 25.3 Å². The maximum Gasteiger partial charge on any atom is 0.122 e. The van der Waals surface area contributed by atoms with Gasteiger partial charge in [-0.05, 0) is 47.9 Å². The summed E-state index contributed by atoms with van der Waals surface area (Å²) in [5.41, 5.74) is 9.79. The molecule has 0 atom stereocenters. The Hall–Kier alpha value is -1.68. The highest BCUT2D eigenvalue weighted by molar-refractivity contribution is 9.10. The third-order valence-electron chi connectivity index (χ3n) is 3.14. The van der Waals surface area contributed by atoms with Gasteiger partial charge in [-0.1, -0.05) is 29.8 Å². The molecule has 0 amide bonds. The largest absolute Gasteiger partial charge is 0.496 e. The molecule has 0 unspecified atom stereocenters. The number of ether oxygens (including phenoxy) is 1. The third kappa shape index (κ3) is 3.25. The molecule has 0 aliphatic carbocycles. The third-order valence-corrected chi connectivity index (χ3v) is 3.64. The number of nitrogens with two attached hydrogens (primary N) is 1. The number of nitrogens with one attached hydrogen (secondary N) is 1. The number of methoxy groups -OCH3 is 1. The molecule has 0 fully saturated rings. The molecule has 0 spiro atoms. The van der Waals surface area contributed by atoms with Gasteiger partial charge in [-0.15, -0.1) is 0 Å². The Morgan fingerprint density at radius 3 is 2.50 bits per heavy atom. The predicted octanol–water partition coefficient (Wildman–Crippen LogP) is 4.91. The van der Waals surface area contributed by atoms with Crippen molar-refractivity contribution in [3.05, 3.63) is 46.4 Å². The second-order valence-corrected chi connectivity index (χ2v) is 5.88. The van der Waals surface area contributed by atoms with Gasteiger partial charge in [0.2, 0.25) is 0 Å². The first-order chi connectivity index (χ1) is 9.51. The summed E-state index contributed by atoms with van der Waals surface area (Å²) in [6.07, 6.45) is 0. The molecule has 3 N–H and O–H groups in total. The van der Waals surface area contributed by atoms with E-state index >= 15 is 0 Å². The number of hydrogen-bond donors (Lipinski definition) is 2. The molecule has 106 valence electrons. The van der Waals surface area contributed by atoms with Gasteiger partial charge in [-0.2, -0.15) is 0 Å². The molecule has 0 aliphatic rings. The van der Waals surface area contributed by atoms with Gasteiger partial charge in [-0.25, -0.2) is 0 Å². The molecule has 2 aromatic carbocycles. The number of rotatable bonds is 4. The van der Waals surface area contributed by atoms with Crippen molar-refractivity contribution in [1.29, 1.82) is 0 Å². The molecule has 0 bridgehead atoms. The Morgan fingerprint density at radius 2 is 1.90 bits per heavy atom. The van der Waals surface area contributed by atoms with E-state index in [0.29, 0.717) is 11.6 Å². The van der Waals surface area contributed by atoms with Gasteiger partial charge < -0.3 is 15.8 Å². The Bertz CT molecular complexity index is 611. The van der Waals surface area contributed by atoms with Crippen molar-refractivity contribution in [1.82, 2.24) is 0 Å². The van der Waals surface area contributed by atoms with Crippen LogP contribution < -0.4 is 15.8 Å². The van der Waals surface area contributed by atoms with Crippen LogP contribution in [0, 0.1) is 0 Å². The minimum absolute atomic E-state index is 0.397. The van der Waals surface area contributed by atoms with Crippen LogP contribution in [-0.2, 0) is 0 Å². The number of halogens is 1. The molecule has 20 heavy (non-hydrogen) atoms. The van der Waals surface area contributed by atoms with E-state index in [-0.39, 0.29) is 0 Å². The highest BCUT2D eigenvalue weighted by Crippen LogP contribution is 2.32. The fraction of sp³-hybridized carbons (Fsp3) is 0.250. The molecule has 2 rings (SSSR count). The summed E-state index contributed by atoms with van der Waals surface area (Å²) in [5, 5.41) is 3.34. The highest BCUT2D eigenvalue weighted by atomic mass is 79.9. The van der Waals surface area contributed by atoms with Crippen LogP contribution in [0.15, 0.2) is 40.9 Å². The van der Waals surface area contributed by atoms with Crippen LogP contribution in [0.5, 0.6) is 5.75 Å². The monoisotopic (exact) mass is 334 g/mol. The number of anilines is 3. The maximum absolute atomic E-state index is 6.01. The van der Waals surface area contributed by atoms with Crippen molar-refractivity contribution >= 4 is 33.0 Å². The molecular weight excluding hydrogens is 316 g/mol. The molecule has 0 heterocycles. The van der Waals surface area contributed by atoms with Crippen LogP contribution in [0.25, 0.3) is 0 Å². The van der Waals surface area contributed by atoms with E-state index in [4.69, 9.17) is 10.5 Å². The van der Waals surface area contributed by atoms with E-state index in [9.17, 15) is 0 Å². The summed E-state index contributed by atoms with van der Waals surface area (Å²) in [7, 11) is 1.70.